The van der Waals surface area contributed by atoms with E-state index in [1.165, 1.54) is 5.56 Å². The maximum Gasteiger partial charge on any atom is 0.226 e. The van der Waals surface area contributed by atoms with Gasteiger partial charge in [-0.3, -0.25) is 4.99 Å². The van der Waals surface area contributed by atoms with Gasteiger partial charge in [-0.1, -0.05) is 24.6 Å². The van der Waals surface area contributed by atoms with E-state index in [-0.39, 0.29) is 24.0 Å². The molecule has 0 fully saturated rings. The van der Waals surface area contributed by atoms with Crippen molar-refractivity contribution in [1.29, 1.82) is 0 Å². The Morgan fingerprint density at radius 1 is 1.17 bits per heavy atom. The number of nitrogens with one attached hydrogen (secondary N) is 2. The predicted molar refractivity (Wildman–Crippen MR) is 105 cm³/mol. The molecule has 126 valence electrons. The summed E-state index contributed by atoms with van der Waals surface area (Å²) in [7, 11) is 1.77. The van der Waals surface area contributed by atoms with Crippen molar-refractivity contribution in [3.63, 3.8) is 0 Å². The van der Waals surface area contributed by atoms with Crippen LogP contribution < -0.4 is 10.6 Å². The van der Waals surface area contributed by atoms with Gasteiger partial charge < -0.3 is 15.1 Å². The van der Waals surface area contributed by atoms with Crippen LogP contribution in [0.2, 0.25) is 0 Å². The van der Waals surface area contributed by atoms with Crippen LogP contribution in [0.25, 0.3) is 11.5 Å². The van der Waals surface area contributed by atoms with Crippen molar-refractivity contribution in [3.8, 4) is 11.5 Å². The third kappa shape index (κ3) is 6.21. The van der Waals surface area contributed by atoms with Gasteiger partial charge >= 0.3 is 0 Å². The van der Waals surface area contributed by atoms with Gasteiger partial charge in [0.1, 0.15) is 6.26 Å². The molecule has 1 aromatic carbocycles. The molecule has 0 aliphatic rings. The molecule has 0 saturated carbocycles. The minimum atomic E-state index is 0. The summed E-state index contributed by atoms with van der Waals surface area (Å²) in [5, 5.41) is 6.50. The molecule has 0 aliphatic carbocycles. The van der Waals surface area contributed by atoms with E-state index in [1.54, 1.807) is 13.3 Å². The zero-order chi connectivity index (χ0) is 15.8. The predicted octanol–water partition coefficient (Wildman–Crippen LogP) is 3.39. The molecule has 0 radical (unpaired) electrons. The first-order valence-electron chi connectivity index (χ1n) is 7.69. The standard InChI is InChI=1S/C17H24N4O.HI/c1-4-10-19-17(18-3)20-11-9-15-12-22-16(21-15)14-7-5-13(2)6-8-14;/h5-8,12H,4,9-11H2,1-3H3,(H2,18,19,20);1H. The van der Waals surface area contributed by atoms with E-state index in [4.69, 9.17) is 4.42 Å². The Hall–Kier alpha value is -1.57. The summed E-state index contributed by atoms with van der Waals surface area (Å²) in [6, 6.07) is 8.17. The van der Waals surface area contributed by atoms with Crippen molar-refractivity contribution in [3.05, 3.63) is 41.8 Å². The second kappa shape index (κ2) is 10.3. The third-order valence-electron chi connectivity index (χ3n) is 3.29. The van der Waals surface area contributed by atoms with Crippen molar-refractivity contribution in [2.45, 2.75) is 26.7 Å². The van der Waals surface area contributed by atoms with E-state index in [0.717, 1.165) is 43.1 Å². The number of guanidine groups is 1. The molecule has 1 aromatic heterocycles. The molecular weight excluding hydrogens is 403 g/mol. The Bertz CT molecular complexity index is 607. The van der Waals surface area contributed by atoms with Gasteiger partial charge in [0, 0.05) is 32.1 Å². The average molecular weight is 428 g/mol. The second-order valence-corrected chi connectivity index (χ2v) is 5.19. The Labute approximate surface area is 155 Å². The molecule has 6 heteroatoms. The fraction of sp³-hybridized carbons (Fsp3) is 0.412. The SMILES string of the molecule is CCCNC(=NC)NCCc1coc(-c2ccc(C)cc2)n1.I. The zero-order valence-corrected chi connectivity index (χ0v) is 16.3. The lowest BCUT2D eigenvalue weighted by atomic mass is 10.1. The minimum Gasteiger partial charge on any atom is -0.444 e. The number of hydrogen-bond acceptors (Lipinski definition) is 3. The summed E-state index contributed by atoms with van der Waals surface area (Å²) in [6.45, 7) is 5.88. The van der Waals surface area contributed by atoms with Gasteiger partial charge in [0.2, 0.25) is 5.89 Å². The molecule has 1 heterocycles. The highest BCUT2D eigenvalue weighted by Crippen LogP contribution is 2.19. The smallest absolute Gasteiger partial charge is 0.226 e. The second-order valence-electron chi connectivity index (χ2n) is 5.19. The van der Waals surface area contributed by atoms with E-state index in [2.05, 4.69) is 46.6 Å². The fourth-order valence-electron chi connectivity index (χ4n) is 2.02. The lowest BCUT2D eigenvalue weighted by Gasteiger charge is -2.09. The molecule has 0 spiro atoms. The summed E-state index contributed by atoms with van der Waals surface area (Å²) in [5.41, 5.74) is 3.17. The maximum absolute atomic E-state index is 5.55. The van der Waals surface area contributed by atoms with Crippen molar-refractivity contribution >= 4 is 29.9 Å². The summed E-state index contributed by atoms with van der Waals surface area (Å²) in [6.07, 6.45) is 3.59. The van der Waals surface area contributed by atoms with Crippen LogP contribution in [0.3, 0.4) is 0 Å². The van der Waals surface area contributed by atoms with Gasteiger partial charge in [0.15, 0.2) is 5.96 Å². The normalized spacial score (nSPS) is 11.0. The highest BCUT2D eigenvalue weighted by Gasteiger charge is 2.06. The van der Waals surface area contributed by atoms with E-state index < -0.39 is 0 Å². The van der Waals surface area contributed by atoms with Crippen LogP contribution >= 0.6 is 24.0 Å². The molecule has 2 rings (SSSR count). The van der Waals surface area contributed by atoms with Gasteiger partial charge in [-0.25, -0.2) is 4.98 Å². The first-order chi connectivity index (χ1) is 10.7. The monoisotopic (exact) mass is 428 g/mol. The highest BCUT2D eigenvalue weighted by molar-refractivity contribution is 14.0. The van der Waals surface area contributed by atoms with Crippen LogP contribution in [0, 0.1) is 6.92 Å². The first kappa shape index (κ1) is 19.5. The minimum absolute atomic E-state index is 0. The molecule has 0 amide bonds. The molecule has 2 N–H and O–H groups in total. The maximum atomic E-state index is 5.55. The highest BCUT2D eigenvalue weighted by atomic mass is 127. The Morgan fingerprint density at radius 2 is 1.87 bits per heavy atom. The largest absolute Gasteiger partial charge is 0.444 e. The van der Waals surface area contributed by atoms with Gasteiger partial charge in [0.05, 0.1) is 5.69 Å². The molecular formula is C17H25IN4O. The number of benzene rings is 1. The molecule has 0 aliphatic heterocycles. The van der Waals surface area contributed by atoms with Crippen LogP contribution in [0.15, 0.2) is 39.9 Å². The number of halogens is 1. The van der Waals surface area contributed by atoms with Crippen LogP contribution in [0.1, 0.15) is 24.6 Å². The number of nitrogens with zero attached hydrogens (tertiary/aromatic N) is 2. The van der Waals surface area contributed by atoms with E-state index in [0.29, 0.717) is 5.89 Å². The summed E-state index contributed by atoms with van der Waals surface area (Å²) in [4.78, 5) is 8.70. The van der Waals surface area contributed by atoms with Gasteiger partial charge in [-0.15, -0.1) is 24.0 Å². The molecule has 0 unspecified atom stereocenters. The molecule has 0 saturated heterocycles. The van der Waals surface area contributed by atoms with Crippen molar-refractivity contribution in [1.82, 2.24) is 15.6 Å². The Morgan fingerprint density at radius 3 is 2.52 bits per heavy atom. The van der Waals surface area contributed by atoms with Crippen LogP contribution in [0.5, 0.6) is 0 Å². The summed E-state index contributed by atoms with van der Waals surface area (Å²) >= 11 is 0. The van der Waals surface area contributed by atoms with Crippen LogP contribution in [-0.4, -0.2) is 31.1 Å². The van der Waals surface area contributed by atoms with Crippen molar-refractivity contribution in [2.75, 3.05) is 20.1 Å². The molecule has 5 nitrogen and oxygen atoms in total. The molecule has 0 bridgehead atoms. The Kier molecular flexibility index (Phi) is 8.68. The van der Waals surface area contributed by atoms with E-state index in [9.17, 15) is 0 Å². The number of aliphatic imine (C=N–C) groups is 1. The third-order valence-corrected chi connectivity index (χ3v) is 3.29. The van der Waals surface area contributed by atoms with Crippen LogP contribution in [0.4, 0.5) is 0 Å². The summed E-state index contributed by atoms with van der Waals surface area (Å²) in [5.74, 6) is 1.49. The van der Waals surface area contributed by atoms with E-state index >= 15 is 0 Å². The van der Waals surface area contributed by atoms with Gasteiger partial charge in [-0.05, 0) is 25.5 Å². The number of rotatable bonds is 6. The number of aryl methyl sites for hydroxylation is 1. The summed E-state index contributed by atoms with van der Waals surface area (Å²) < 4.78 is 5.55. The molecule has 0 atom stereocenters. The zero-order valence-electron chi connectivity index (χ0n) is 13.9. The van der Waals surface area contributed by atoms with Crippen LogP contribution in [-0.2, 0) is 6.42 Å². The number of hydrogen-bond donors (Lipinski definition) is 2. The van der Waals surface area contributed by atoms with E-state index in [1.807, 2.05) is 12.1 Å². The topological polar surface area (TPSA) is 62.5 Å². The van der Waals surface area contributed by atoms with Crippen molar-refractivity contribution < 1.29 is 4.42 Å². The average Bonchev–Trinajstić information content (AvgIpc) is 3.00. The molecule has 23 heavy (non-hydrogen) atoms. The number of aromatic nitrogens is 1. The van der Waals surface area contributed by atoms with Gasteiger partial charge in [-0.2, -0.15) is 0 Å². The fourth-order valence-corrected chi connectivity index (χ4v) is 2.02. The van der Waals surface area contributed by atoms with Gasteiger partial charge in [0.25, 0.3) is 0 Å². The molecule has 2 aromatic rings. The Balaban J connectivity index is 0.00000264. The lowest BCUT2D eigenvalue weighted by Crippen LogP contribution is -2.38. The quantitative estimate of drug-likeness (QED) is 0.421. The first-order valence-corrected chi connectivity index (χ1v) is 7.69. The van der Waals surface area contributed by atoms with Crippen molar-refractivity contribution in [2.24, 2.45) is 4.99 Å². The number of oxazole rings is 1. The lowest BCUT2D eigenvalue weighted by molar-refractivity contribution is 0.572.